The molecule has 4 nitrogen and oxygen atoms in total. The summed E-state index contributed by atoms with van der Waals surface area (Å²) in [7, 11) is 0. The number of hydrogen-bond donors (Lipinski definition) is 1. The summed E-state index contributed by atoms with van der Waals surface area (Å²) in [5.74, 6) is 0.144. The predicted octanol–water partition coefficient (Wildman–Crippen LogP) is 0.147. The van der Waals surface area contributed by atoms with Crippen LogP contribution < -0.4 is 5.73 Å². The maximum Gasteiger partial charge on any atom is 0.251 e. The fourth-order valence-corrected chi connectivity index (χ4v) is 1.96. The van der Waals surface area contributed by atoms with Crippen molar-refractivity contribution in [3.05, 3.63) is 0 Å². The van der Waals surface area contributed by atoms with Gasteiger partial charge in [-0.2, -0.15) is 0 Å². The minimum atomic E-state index is -0.256. The van der Waals surface area contributed by atoms with Gasteiger partial charge in [0.05, 0.1) is 6.61 Å². The zero-order chi connectivity index (χ0) is 9.26. The fourth-order valence-electron chi connectivity index (χ4n) is 1.96. The van der Waals surface area contributed by atoms with E-state index in [4.69, 9.17) is 10.5 Å². The van der Waals surface area contributed by atoms with Crippen molar-refractivity contribution >= 4 is 18.3 Å². The van der Waals surface area contributed by atoms with E-state index in [0.29, 0.717) is 13.0 Å². The average molecular weight is 221 g/mol. The lowest BCUT2D eigenvalue weighted by Gasteiger charge is -2.18. The Labute approximate surface area is 90.2 Å². The molecule has 0 aromatic rings. The molecular formula is C9H17ClN2O2. The Morgan fingerprint density at radius 3 is 2.50 bits per heavy atom. The van der Waals surface area contributed by atoms with Crippen molar-refractivity contribution < 1.29 is 9.53 Å². The van der Waals surface area contributed by atoms with E-state index in [-0.39, 0.29) is 30.5 Å². The quantitative estimate of drug-likeness (QED) is 0.685. The van der Waals surface area contributed by atoms with Crippen molar-refractivity contribution in [2.45, 2.75) is 31.4 Å². The molecule has 2 aliphatic rings. The Morgan fingerprint density at radius 2 is 2.00 bits per heavy atom. The molecular weight excluding hydrogens is 204 g/mol. The molecule has 2 unspecified atom stereocenters. The van der Waals surface area contributed by atoms with Gasteiger partial charge in [-0.05, 0) is 19.3 Å². The van der Waals surface area contributed by atoms with Gasteiger partial charge in [-0.1, -0.05) is 0 Å². The summed E-state index contributed by atoms with van der Waals surface area (Å²) in [5, 5.41) is 0. The summed E-state index contributed by atoms with van der Waals surface area (Å²) in [5.41, 5.74) is 5.67. The molecule has 2 rings (SSSR count). The molecule has 0 radical (unpaired) electrons. The summed E-state index contributed by atoms with van der Waals surface area (Å²) >= 11 is 0. The van der Waals surface area contributed by atoms with Crippen LogP contribution in [-0.4, -0.2) is 42.6 Å². The van der Waals surface area contributed by atoms with Gasteiger partial charge in [-0.25, -0.2) is 0 Å². The van der Waals surface area contributed by atoms with E-state index in [1.807, 2.05) is 4.90 Å². The predicted molar refractivity (Wildman–Crippen MR) is 55.4 cm³/mol. The Bertz CT molecular complexity index is 207. The standard InChI is InChI=1S/C9H16N2O2.ClH/c10-7-5-8(13-6-7)9(12)11-3-1-2-4-11;/h7-8H,1-6,10H2;1H. The number of ether oxygens (including phenoxy) is 1. The van der Waals surface area contributed by atoms with Gasteiger partial charge in [-0.15, -0.1) is 12.4 Å². The lowest BCUT2D eigenvalue weighted by atomic mass is 10.2. The zero-order valence-corrected chi connectivity index (χ0v) is 8.96. The molecule has 2 saturated heterocycles. The van der Waals surface area contributed by atoms with Crippen LogP contribution in [0.4, 0.5) is 0 Å². The van der Waals surface area contributed by atoms with Crippen molar-refractivity contribution in [3.63, 3.8) is 0 Å². The van der Waals surface area contributed by atoms with Crippen LogP contribution >= 0.6 is 12.4 Å². The molecule has 2 heterocycles. The topological polar surface area (TPSA) is 55.6 Å². The number of nitrogens with zero attached hydrogens (tertiary/aromatic N) is 1. The lowest BCUT2D eigenvalue weighted by Crippen LogP contribution is -2.37. The summed E-state index contributed by atoms with van der Waals surface area (Å²) in [6, 6.07) is 0.0524. The second-order valence-corrected chi connectivity index (χ2v) is 3.85. The summed E-state index contributed by atoms with van der Waals surface area (Å²) < 4.78 is 5.32. The van der Waals surface area contributed by atoms with Gasteiger partial charge in [0.25, 0.3) is 5.91 Å². The van der Waals surface area contributed by atoms with E-state index < -0.39 is 0 Å². The highest BCUT2D eigenvalue weighted by molar-refractivity contribution is 5.85. The molecule has 0 saturated carbocycles. The van der Waals surface area contributed by atoms with E-state index >= 15 is 0 Å². The number of nitrogens with two attached hydrogens (primary N) is 1. The Hall–Kier alpha value is -0.320. The number of rotatable bonds is 1. The van der Waals surface area contributed by atoms with E-state index in [1.54, 1.807) is 0 Å². The number of carbonyl (C=O) groups is 1. The largest absolute Gasteiger partial charge is 0.367 e. The van der Waals surface area contributed by atoms with Crippen molar-refractivity contribution in [2.24, 2.45) is 5.73 Å². The number of hydrogen-bond acceptors (Lipinski definition) is 3. The Balaban J connectivity index is 0.000000980. The van der Waals surface area contributed by atoms with Crippen LogP contribution in [0.25, 0.3) is 0 Å². The van der Waals surface area contributed by atoms with Crippen molar-refractivity contribution in [1.29, 1.82) is 0 Å². The SMILES string of the molecule is Cl.NC1COC(C(=O)N2CCCC2)C1. The van der Waals surface area contributed by atoms with Gasteiger partial charge >= 0.3 is 0 Å². The molecule has 82 valence electrons. The minimum Gasteiger partial charge on any atom is -0.367 e. The van der Waals surface area contributed by atoms with Crippen LogP contribution in [0.15, 0.2) is 0 Å². The number of halogens is 1. The fraction of sp³-hybridized carbons (Fsp3) is 0.889. The molecule has 2 N–H and O–H groups in total. The average Bonchev–Trinajstić information content (AvgIpc) is 2.72. The highest BCUT2D eigenvalue weighted by Crippen LogP contribution is 2.17. The first-order valence-electron chi connectivity index (χ1n) is 4.93. The van der Waals surface area contributed by atoms with Gasteiger partial charge < -0.3 is 15.4 Å². The van der Waals surface area contributed by atoms with E-state index in [1.165, 1.54) is 0 Å². The maximum absolute atomic E-state index is 11.7. The first kappa shape index (κ1) is 11.8. The molecule has 2 aliphatic heterocycles. The van der Waals surface area contributed by atoms with Crippen LogP contribution in [-0.2, 0) is 9.53 Å². The summed E-state index contributed by atoms with van der Waals surface area (Å²) in [6.45, 7) is 2.33. The number of amides is 1. The molecule has 14 heavy (non-hydrogen) atoms. The normalized spacial score (nSPS) is 31.6. The van der Waals surface area contributed by atoms with Crippen LogP contribution in [0.1, 0.15) is 19.3 Å². The third kappa shape index (κ3) is 2.38. The molecule has 5 heteroatoms. The Morgan fingerprint density at radius 1 is 1.36 bits per heavy atom. The monoisotopic (exact) mass is 220 g/mol. The van der Waals surface area contributed by atoms with Crippen LogP contribution in [0.5, 0.6) is 0 Å². The lowest BCUT2D eigenvalue weighted by molar-refractivity contribution is -0.139. The molecule has 0 aromatic heterocycles. The molecule has 1 amide bonds. The third-order valence-corrected chi connectivity index (χ3v) is 2.72. The van der Waals surface area contributed by atoms with Crippen LogP contribution in [0.3, 0.4) is 0 Å². The first-order chi connectivity index (χ1) is 6.27. The van der Waals surface area contributed by atoms with Gasteiger partial charge in [-0.3, -0.25) is 4.79 Å². The van der Waals surface area contributed by atoms with E-state index in [9.17, 15) is 4.79 Å². The van der Waals surface area contributed by atoms with Crippen LogP contribution in [0, 0.1) is 0 Å². The van der Waals surface area contributed by atoms with Crippen LogP contribution in [0.2, 0.25) is 0 Å². The Kier molecular flexibility index (Phi) is 4.16. The third-order valence-electron chi connectivity index (χ3n) is 2.72. The second-order valence-electron chi connectivity index (χ2n) is 3.85. The van der Waals surface area contributed by atoms with Crippen molar-refractivity contribution in [2.75, 3.05) is 19.7 Å². The molecule has 2 atom stereocenters. The first-order valence-corrected chi connectivity index (χ1v) is 4.93. The van der Waals surface area contributed by atoms with Crippen molar-refractivity contribution in [1.82, 2.24) is 4.90 Å². The van der Waals surface area contributed by atoms with Gasteiger partial charge in [0.1, 0.15) is 6.10 Å². The van der Waals surface area contributed by atoms with Gasteiger partial charge in [0.15, 0.2) is 0 Å². The van der Waals surface area contributed by atoms with E-state index in [2.05, 4.69) is 0 Å². The van der Waals surface area contributed by atoms with Gasteiger partial charge in [0, 0.05) is 19.1 Å². The minimum absolute atomic E-state index is 0. The summed E-state index contributed by atoms with van der Waals surface area (Å²) in [6.07, 6.45) is 2.69. The molecule has 0 bridgehead atoms. The molecule has 0 aromatic carbocycles. The molecule has 2 fully saturated rings. The highest BCUT2D eigenvalue weighted by atomic mass is 35.5. The maximum atomic E-state index is 11.7. The smallest absolute Gasteiger partial charge is 0.251 e. The zero-order valence-electron chi connectivity index (χ0n) is 8.15. The molecule has 0 spiro atoms. The number of carbonyl (C=O) groups excluding carboxylic acids is 1. The second kappa shape index (κ2) is 4.96. The highest BCUT2D eigenvalue weighted by Gasteiger charge is 2.32. The van der Waals surface area contributed by atoms with E-state index in [0.717, 1.165) is 25.9 Å². The van der Waals surface area contributed by atoms with Gasteiger partial charge in [0.2, 0.25) is 0 Å². The van der Waals surface area contributed by atoms with Crippen molar-refractivity contribution in [3.8, 4) is 0 Å². The summed E-state index contributed by atoms with van der Waals surface area (Å²) in [4.78, 5) is 13.6. The molecule has 0 aliphatic carbocycles. The number of likely N-dealkylation sites (tertiary alicyclic amines) is 1.